The lowest BCUT2D eigenvalue weighted by Crippen LogP contribution is -2.37. The number of furan rings is 1. The average Bonchev–Trinajstić information content (AvgIpc) is 3.37. The average molecular weight is 431 g/mol. The van der Waals surface area contributed by atoms with Crippen LogP contribution in [0.5, 0.6) is 0 Å². The maximum absolute atomic E-state index is 13.3. The van der Waals surface area contributed by atoms with Gasteiger partial charge in [0, 0.05) is 5.69 Å². The van der Waals surface area contributed by atoms with Crippen LogP contribution in [0, 0.1) is 6.92 Å². The molecule has 4 amide bonds. The van der Waals surface area contributed by atoms with E-state index in [0.717, 1.165) is 22.4 Å². The largest absolute Gasteiger partial charge is 0.467 e. The first-order valence-electron chi connectivity index (χ1n) is 10.6. The predicted molar refractivity (Wildman–Crippen MR) is 121 cm³/mol. The van der Waals surface area contributed by atoms with Crippen molar-refractivity contribution in [3.8, 4) is 0 Å². The second-order valence-electron chi connectivity index (χ2n) is 7.82. The molecule has 4 rings (SSSR count). The summed E-state index contributed by atoms with van der Waals surface area (Å²) in [5.41, 5.74) is 3.23. The van der Waals surface area contributed by atoms with Crippen LogP contribution < -0.4 is 10.2 Å². The highest BCUT2D eigenvalue weighted by Crippen LogP contribution is 2.29. The minimum atomic E-state index is -0.928. The first-order chi connectivity index (χ1) is 15.5. The van der Waals surface area contributed by atoms with Crippen LogP contribution in [0.4, 0.5) is 16.2 Å². The Bertz CT molecular complexity index is 1120. The molecule has 3 aromatic rings. The molecular formula is C25H25N3O4. The summed E-state index contributed by atoms with van der Waals surface area (Å²) in [6.45, 7) is 4.05. The minimum absolute atomic E-state index is 0.100. The van der Waals surface area contributed by atoms with E-state index in [2.05, 4.69) is 12.2 Å². The van der Waals surface area contributed by atoms with Crippen LogP contribution in [0.1, 0.15) is 30.2 Å². The molecule has 0 aliphatic carbocycles. The maximum atomic E-state index is 13.3. The number of nitrogens with one attached hydrogen (secondary N) is 1. The van der Waals surface area contributed by atoms with E-state index in [4.69, 9.17) is 4.42 Å². The van der Waals surface area contributed by atoms with Gasteiger partial charge in [-0.2, -0.15) is 0 Å². The fraction of sp³-hybridized carbons (Fsp3) is 0.240. The van der Waals surface area contributed by atoms with Gasteiger partial charge in [0.15, 0.2) is 0 Å². The third kappa shape index (κ3) is 4.42. The van der Waals surface area contributed by atoms with Crippen molar-refractivity contribution in [1.82, 2.24) is 4.90 Å². The monoisotopic (exact) mass is 431 g/mol. The highest BCUT2D eigenvalue weighted by atomic mass is 16.3. The number of carbonyl (C=O) groups is 3. The second kappa shape index (κ2) is 9.09. The number of hydrogen-bond donors (Lipinski definition) is 1. The molecule has 0 saturated carbocycles. The molecule has 0 radical (unpaired) electrons. The molecule has 1 aromatic heterocycles. The summed E-state index contributed by atoms with van der Waals surface area (Å²) in [6.07, 6.45) is 2.27. The summed E-state index contributed by atoms with van der Waals surface area (Å²) >= 11 is 0. The predicted octanol–water partition coefficient (Wildman–Crippen LogP) is 4.52. The molecule has 1 atom stereocenters. The molecular weight excluding hydrogens is 406 g/mol. The molecule has 2 aromatic carbocycles. The number of imide groups is 1. The van der Waals surface area contributed by atoms with Crippen LogP contribution >= 0.6 is 0 Å². The molecule has 1 aliphatic rings. The lowest BCUT2D eigenvalue weighted by atomic mass is 10.1. The molecule has 164 valence electrons. The Labute approximate surface area is 186 Å². The summed E-state index contributed by atoms with van der Waals surface area (Å²) < 4.78 is 5.39. The fourth-order valence-electron chi connectivity index (χ4n) is 3.80. The zero-order chi connectivity index (χ0) is 22.7. The summed E-state index contributed by atoms with van der Waals surface area (Å²) in [6, 6.07) is 16.8. The Morgan fingerprint density at radius 3 is 2.50 bits per heavy atom. The quantitative estimate of drug-likeness (QED) is 0.558. The zero-order valence-electron chi connectivity index (χ0n) is 18.1. The van der Waals surface area contributed by atoms with Crippen LogP contribution in [-0.2, 0) is 22.6 Å². The Morgan fingerprint density at radius 2 is 1.84 bits per heavy atom. The molecule has 7 heteroatoms. The van der Waals surface area contributed by atoms with Gasteiger partial charge in [-0.1, -0.05) is 31.2 Å². The topological polar surface area (TPSA) is 82.9 Å². The summed E-state index contributed by atoms with van der Waals surface area (Å²) in [7, 11) is 0. The molecule has 0 bridgehead atoms. The van der Waals surface area contributed by atoms with Gasteiger partial charge >= 0.3 is 6.03 Å². The van der Waals surface area contributed by atoms with Crippen molar-refractivity contribution < 1.29 is 18.8 Å². The molecule has 32 heavy (non-hydrogen) atoms. The van der Waals surface area contributed by atoms with E-state index >= 15 is 0 Å². The minimum Gasteiger partial charge on any atom is -0.467 e. The standard InChI is InChI=1S/C25H25N3O4/c1-3-18-9-11-19(12-10-18)26-23(29)15-22-24(30)28(20-7-4-6-17(2)14-20)25(31)27(22)16-21-8-5-13-32-21/h4-14,22H,3,15-16H2,1-2H3,(H,26,29)/t22-/m1/s1. The van der Waals surface area contributed by atoms with Gasteiger partial charge in [0.2, 0.25) is 5.91 Å². The first-order valence-corrected chi connectivity index (χ1v) is 10.6. The molecule has 1 aliphatic heterocycles. The van der Waals surface area contributed by atoms with Crippen molar-refractivity contribution in [1.29, 1.82) is 0 Å². The van der Waals surface area contributed by atoms with Crippen LogP contribution in [-0.4, -0.2) is 28.8 Å². The Balaban J connectivity index is 1.57. The van der Waals surface area contributed by atoms with Crippen molar-refractivity contribution >= 4 is 29.2 Å². The molecule has 1 saturated heterocycles. The second-order valence-corrected chi connectivity index (χ2v) is 7.82. The van der Waals surface area contributed by atoms with E-state index in [-0.39, 0.29) is 18.9 Å². The lowest BCUT2D eigenvalue weighted by molar-refractivity contribution is -0.124. The molecule has 0 unspecified atom stereocenters. The van der Waals surface area contributed by atoms with E-state index in [0.29, 0.717) is 17.1 Å². The Morgan fingerprint density at radius 1 is 1.06 bits per heavy atom. The third-order valence-corrected chi connectivity index (χ3v) is 5.51. The van der Waals surface area contributed by atoms with Crippen molar-refractivity contribution in [3.63, 3.8) is 0 Å². The van der Waals surface area contributed by atoms with Crippen molar-refractivity contribution in [2.24, 2.45) is 0 Å². The van der Waals surface area contributed by atoms with Gasteiger partial charge in [-0.15, -0.1) is 0 Å². The van der Waals surface area contributed by atoms with Gasteiger partial charge in [-0.25, -0.2) is 9.69 Å². The number of hydrogen-bond acceptors (Lipinski definition) is 4. The normalized spacial score (nSPS) is 16.0. The van der Waals surface area contributed by atoms with Crippen LogP contribution in [0.25, 0.3) is 0 Å². The van der Waals surface area contributed by atoms with Crippen LogP contribution in [0.15, 0.2) is 71.3 Å². The summed E-state index contributed by atoms with van der Waals surface area (Å²) in [4.78, 5) is 41.8. The SMILES string of the molecule is CCc1ccc(NC(=O)C[C@@H]2C(=O)N(c3cccc(C)c3)C(=O)N2Cc2ccco2)cc1. The highest BCUT2D eigenvalue weighted by Gasteiger charge is 2.47. The number of amides is 4. The number of anilines is 2. The van der Waals surface area contributed by atoms with Crippen LogP contribution in [0.2, 0.25) is 0 Å². The fourth-order valence-corrected chi connectivity index (χ4v) is 3.80. The van der Waals surface area contributed by atoms with E-state index < -0.39 is 18.0 Å². The highest BCUT2D eigenvalue weighted by molar-refractivity contribution is 6.22. The molecule has 2 heterocycles. The van der Waals surface area contributed by atoms with E-state index in [9.17, 15) is 14.4 Å². The summed E-state index contributed by atoms with van der Waals surface area (Å²) in [5, 5.41) is 2.83. The Hall–Kier alpha value is -3.87. The van der Waals surface area contributed by atoms with Crippen molar-refractivity contribution in [2.75, 3.05) is 10.2 Å². The van der Waals surface area contributed by atoms with Gasteiger partial charge in [0.05, 0.1) is 24.9 Å². The molecule has 1 N–H and O–H groups in total. The van der Waals surface area contributed by atoms with Crippen molar-refractivity contribution in [3.05, 3.63) is 83.8 Å². The van der Waals surface area contributed by atoms with Gasteiger partial charge in [-0.05, 0) is 60.9 Å². The number of benzene rings is 2. The number of rotatable bonds is 7. The van der Waals surface area contributed by atoms with E-state index in [1.54, 1.807) is 30.3 Å². The molecule has 7 nitrogen and oxygen atoms in total. The molecule has 1 fully saturated rings. The van der Waals surface area contributed by atoms with Gasteiger partial charge in [-0.3, -0.25) is 9.59 Å². The van der Waals surface area contributed by atoms with Crippen molar-refractivity contribution in [2.45, 2.75) is 39.3 Å². The third-order valence-electron chi connectivity index (χ3n) is 5.51. The smallest absolute Gasteiger partial charge is 0.332 e. The lowest BCUT2D eigenvalue weighted by Gasteiger charge is -2.20. The maximum Gasteiger partial charge on any atom is 0.332 e. The van der Waals surface area contributed by atoms with E-state index in [1.165, 1.54) is 11.2 Å². The number of urea groups is 1. The van der Waals surface area contributed by atoms with Crippen LogP contribution in [0.3, 0.4) is 0 Å². The van der Waals surface area contributed by atoms with Gasteiger partial charge in [0.25, 0.3) is 5.91 Å². The van der Waals surface area contributed by atoms with E-state index in [1.807, 2.05) is 37.3 Å². The first kappa shape index (κ1) is 21.4. The van der Waals surface area contributed by atoms with Gasteiger partial charge in [0.1, 0.15) is 11.8 Å². The number of nitrogens with zero attached hydrogens (tertiary/aromatic N) is 2. The van der Waals surface area contributed by atoms with Gasteiger partial charge < -0.3 is 14.6 Å². The summed E-state index contributed by atoms with van der Waals surface area (Å²) in [5.74, 6) is -0.225. The molecule has 0 spiro atoms. The zero-order valence-corrected chi connectivity index (χ0v) is 18.1. The Kier molecular flexibility index (Phi) is 6.07. The number of carbonyl (C=O) groups excluding carboxylic acids is 3. The number of aryl methyl sites for hydroxylation is 2.